The number of nitrogen functional groups attached to an aromatic ring is 1. The number of hydrogen-bond acceptors (Lipinski definition) is 6. The summed E-state index contributed by atoms with van der Waals surface area (Å²) in [6.45, 7) is 3.54. The van der Waals surface area contributed by atoms with Gasteiger partial charge in [0.2, 0.25) is 5.95 Å². The molecule has 2 aromatic heterocycles. The van der Waals surface area contributed by atoms with E-state index in [0.29, 0.717) is 6.42 Å². The van der Waals surface area contributed by atoms with Crippen LogP contribution in [0.2, 0.25) is 0 Å². The van der Waals surface area contributed by atoms with Gasteiger partial charge in [-0.25, -0.2) is 19.2 Å². The fraction of sp³-hybridized carbons (Fsp3) is 0.429. The Kier molecular flexibility index (Phi) is 4.39. The SMILES string of the molecule is CCCC[C@@](C)(Nc1nc(N)nc2cc(F)cnc12)C(=O)O. The molecule has 2 heterocycles. The number of rotatable bonds is 6. The summed E-state index contributed by atoms with van der Waals surface area (Å²) in [5, 5.41) is 12.4. The lowest BCUT2D eigenvalue weighted by atomic mass is 9.95. The van der Waals surface area contributed by atoms with Crippen molar-refractivity contribution in [2.45, 2.75) is 38.6 Å². The van der Waals surface area contributed by atoms with Crippen molar-refractivity contribution in [3.05, 3.63) is 18.1 Å². The minimum Gasteiger partial charge on any atom is -0.480 e. The molecule has 0 saturated carbocycles. The highest BCUT2D eigenvalue weighted by atomic mass is 19.1. The number of nitrogens with two attached hydrogens (primary N) is 1. The number of anilines is 2. The molecule has 0 aromatic carbocycles. The van der Waals surface area contributed by atoms with E-state index in [-0.39, 0.29) is 22.8 Å². The Morgan fingerprint density at radius 2 is 2.23 bits per heavy atom. The first-order valence-corrected chi connectivity index (χ1v) is 6.96. The summed E-state index contributed by atoms with van der Waals surface area (Å²) in [5.74, 6) is -1.45. The van der Waals surface area contributed by atoms with Crippen LogP contribution in [0.1, 0.15) is 33.1 Å². The zero-order chi connectivity index (χ0) is 16.3. The summed E-state index contributed by atoms with van der Waals surface area (Å²) in [5.41, 5.74) is 4.89. The molecule has 0 aliphatic carbocycles. The highest BCUT2D eigenvalue weighted by Crippen LogP contribution is 2.25. The lowest BCUT2D eigenvalue weighted by molar-refractivity contribution is -0.142. The van der Waals surface area contributed by atoms with Crippen LogP contribution in [0, 0.1) is 5.82 Å². The van der Waals surface area contributed by atoms with Crippen LogP contribution in [0.25, 0.3) is 11.0 Å². The summed E-state index contributed by atoms with van der Waals surface area (Å²) >= 11 is 0. The van der Waals surface area contributed by atoms with E-state index in [2.05, 4.69) is 20.3 Å². The minimum atomic E-state index is -1.22. The van der Waals surface area contributed by atoms with E-state index in [1.807, 2.05) is 6.92 Å². The summed E-state index contributed by atoms with van der Waals surface area (Å²) in [4.78, 5) is 23.4. The first-order chi connectivity index (χ1) is 10.4. The predicted molar refractivity (Wildman–Crippen MR) is 80.9 cm³/mol. The third-order valence-corrected chi connectivity index (χ3v) is 3.42. The van der Waals surface area contributed by atoms with Crippen LogP contribution in [0.5, 0.6) is 0 Å². The number of halogens is 1. The van der Waals surface area contributed by atoms with Gasteiger partial charge >= 0.3 is 5.97 Å². The molecule has 0 bridgehead atoms. The summed E-state index contributed by atoms with van der Waals surface area (Å²) in [7, 11) is 0. The topological polar surface area (TPSA) is 114 Å². The quantitative estimate of drug-likeness (QED) is 0.749. The lowest BCUT2D eigenvalue weighted by Crippen LogP contribution is -2.43. The predicted octanol–water partition coefficient (Wildman–Crippen LogP) is 2.19. The van der Waals surface area contributed by atoms with Crippen LogP contribution >= 0.6 is 0 Å². The van der Waals surface area contributed by atoms with Crippen LogP contribution in [0.4, 0.5) is 16.2 Å². The van der Waals surface area contributed by atoms with Crippen molar-refractivity contribution >= 4 is 28.8 Å². The van der Waals surface area contributed by atoms with Gasteiger partial charge in [0, 0.05) is 6.07 Å². The van der Waals surface area contributed by atoms with Gasteiger partial charge in [-0.1, -0.05) is 19.8 Å². The van der Waals surface area contributed by atoms with Gasteiger partial charge in [-0.05, 0) is 13.3 Å². The molecular formula is C14H18FN5O2. The van der Waals surface area contributed by atoms with Gasteiger partial charge in [-0.15, -0.1) is 0 Å². The Bertz CT molecular complexity index is 704. The van der Waals surface area contributed by atoms with E-state index in [1.54, 1.807) is 6.92 Å². The molecule has 7 nitrogen and oxygen atoms in total. The highest BCUT2D eigenvalue weighted by Gasteiger charge is 2.33. The fourth-order valence-electron chi connectivity index (χ4n) is 2.11. The third-order valence-electron chi connectivity index (χ3n) is 3.42. The molecule has 0 radical (unpaired) electrons. The molecule has 2 rings (SSSR count). The van der Waals surface area contributed by atoms with E-state index >= 15 is 0 Å². The van der Waals surface area contributed by atoms with E-state index in [0.717, 1.165) is 19.0 Å². The number of hydrogen-bond donors (Lipinski definition) is 3. The highest BCUT2D eigenvalue weighted by molar-refractivity contribution is 5.90. The number of aromatic nitrogens is 3. The number of aliphatic carboxylic acids is 1. The van der Waals surface area contributed by atoms with Crippen LogP contribution in [0.3, 0.4) is 0 Å². The summed E-state index contributed by atoms with van der Waals surface area (Å²) in [6, 6.07) is 1.18. The first-order valence-electron chi connectivity index (χ1n) is 6.96. The van der Waals surface area contributed by atoms with Gasteiger partial charge in [0.25, 0.3) is 0 Å². The molecule has 0 aliphatic rings. The maximum absolute atomic E-state index is 13.3. The average Bonchev–Trinajstić information content (AvgIpc) is 2.44. The molecule has 0 aliphatic heterocycles. The van der Waals surface area contributed by atoms with Crippen LogP contribution < -0.4 is 11.1 Å². The molecule has 8 heteroatoms. The van der Waals surface area contributed by atoms with E-state index in [4.69, 9.17) is 5.73 Å². The molecule has 0 saturated heterocycles. The normalized spacial score (nSPS) is 13.8. The monoisotopic (exact) mass is 307 g/mol. The molecule has 4 N–H and O–H groups in total. The van der Waals surface area contributed by atoms with E-state index < -0.39 is 17.3 Å². The van der Waals surface area contributed by atoms with Crippen molar-refractivity contribution in [2.75, 3.05) is 11.1 Å². The number of carboxylic acids is 1. The van der Waals surface area contributed by atoms with Gasteiger partial charge in [-0.3, -0.25) is 0 Å². The third kappa shape index (κ3) is 3.21. The van der Waals surface area contributed by atoms with Crippen molar-refractivity contribution in [1.29, 1.82) is 0 Å². The maximum atomic E-state index is 13.3. The van der Waals surface area contributed by atoms with Gasteiger partial charge in [0.15, 0.2) is 5.82 Å². The molecule has 1 atom stereocenters. The smallest absolute Gasteiger partial charge is 0.329 e. The van der Waals surface area contributed by atoms with Crippen LogP contribution in [-0.4, -0.2) is 31.6 Å². The Labute approximate surface area is 126 Å². The van der Waals surface area contributed by atoms with Crippen molar-refractivity contribution in [3.63, 3.8) is 0 Å². The van der Waals surface area contributed by atoms with Crippen molar-refractivity contribution < 1.29 is 14.3 Å². The maximum Gasteiger partial charge on any atom is 0.329 e. The second kappa shape index (κ2) is 6.08. The second-order valence-corrected chi connectivity index (χ2v) is 5.32. The second-order valence-electron chi connectivity index (χ2n) is 5.32. The lowest BCUT2D eigenvalue weighted by Gasteiger charge is -2.27. The Hall–Kier alpha value is -2.51. The summed E-state index contributed by atoms with van der Waals surface area (Å²) < 4.78 is 13.3. The zero-order valence-electron chi connectivity index (χ0n) is 12.4. The van der Waals surface area contributed by atoms with Crippen molar-refractivity contribution in [1.82, 2.24) is 15.0 Å². The number of carboxylic acid groups (broad SMARTS) is 1. The molecule has 0 unspecified atom stereocenters. The number of nitrogens with one attached hydrogen (secondary N) is 1. The molecule has 118 valence electrons. The minimum absolute atomic E-state index is 0.0781. The first kappa shape index (κ1) is 15.9. The van der Waals surface area contributed by atoms with Gasteiger partial charge in [-0.2, -0.15) is 4.98 Å². The van der Waals surface area contributed by atoms with Crippen LogP contribution in [-0.2, 0) is 4.79 Å². The van der Waals surface area contributed by atoms with Gasteiger partial charge in [0.05, 0.1) is 11.7 Å². The van der Waals surface area contributed by atoms with Gasteiger partial charge in [0.1, 0.15) is 16.9 Å². The molecular weight excluding hydrogens is 289 g/mol. The van der Waals surface area contributed by atoms with Crippen molar-refractivity contribution in [2.24, 2.45) is 0 Å². The zero-order valence-corrected chi connectivity index (χ0v) is 12.4. The molecule has 0 fully saturated rings. The molecule has 0 spiro atoms. The number of nitrogens with zero attached hydrogens (tertiary/aromatic N) is 3. The molecule has 2 aromatic rings. The molecule has 22 heavy (non-hydrogen) atoms. The standard InChI is InChI=1S/C14H18FN5O2/c1-3-4-5-14(2,12(21)22)20-11-10-9(18-13(16)19-11)6-8(15)7-17-10/h6-7H,3-5H2,1-2H3,(H,21,22)(H3,16,18,19,20)/t14-/m1/s1. The largest absolute Gasteiger partial charge is 0.480 e. The molecule has 0 amide bonds. The Morgan fingerprint density at radius 1 is 1.50 bits per heavy atom. The van der Waals surface area contributed by atoms with E-state index in [1.165, 1.54) is 6.07 Å². The summed E-state index contributed by atoms with van der Waals surface area (Å²) in [6.07, 6.45) is 3.03. The number of pyridine rings is 1. The fourth-order valence-corrected chi connectivity index (χ4v) is 2.11. The Balaban J connectivity index is 2.47. The number of unbranched alkanes of at least 4 members (excludes halogenated alkanes) is 1. The van der Waals surface area contributed by atoms with Crippen molar-refractivity contribution in [3.8, 4) is 0 Å². The number of fused-ring (bicyclic) bond motifs is 1. The Morgan fingerprint density at radius 3 is 2.86 bits per heavy atom. The van der Waals surface area contributed by atoms with Gasteiger partial charge < -0.3 is 16.2 Å². The van der Waals surface area contributed by atoms with E-state index in [9.17, 15) is 14.3 Å². The number of carbonyl (C=O) groups is 1. The average molecular weight is 307 g/mol. The van der Waals surface area contributed by atoms with Crippen LogP contribution in [0.15, 0.2) is 12.3 Å².